The summed E-state index contributed by atoms with van der Waals surface area (Å²) in [7, 11) is 0. The number of hydrogen-bond acceptors (Lipinski definition) is 6. The minimum atomic E-state index is -0.667. The Morgan fingerprint density at radius 3 is 2.72 bits per heavy atom. The Balaban J connectivity index is 1.24. The van der Waals surface area contributed by atoms with Crippen molar-refractivity contribution >= 4 is 11.7 Å². The smallest absolute Gasteiger partial charge is 0.261 e. The second-order valence-corrected chi connectivity index (χ2v) is 8.88. The molecule has 0 radical (unpaired) electrons. The van der Waals surface area contributed by atoms with Gasteiger partial charge in [0.15, 0.2) is 0 Å². The maximum atomic E-state index is 13.9. The van der Waals surface area contributed by atoms with E-state index < -0.39 is 11.6 Å². The Labute approximate surface area is 207 Å². The number of carbonyl (C=O) groups is 1. The summed E-state index contributed by atoms with van der Waals surface area (Å²) in [5.74, 6) is -0.0286. The molecule has 1 amide bonds. The standard InChI is InChI=1S/C27H25F2N5O2/c1-17-4-2-5-19(14-17)24-32-27(36-33-24)22-6-3-11-30-25(22)34-12-9-18(10-13-34)26(35)31-16-20-7-8-21(28)15-23(20)29/h2-8,11,14-15,18H,9-10,12-13,16H2,1H3,(H,31,35). The van der Waals surface area contributed by atoms with E-state index >= 15 is 0 Å². The molecule has 0 unspecified atom stereocenters. The molecule has 2 aromatic carbocycles. The van der Waals surface area contributed by atoms with Crippen LogP contribution in [0.1, 0.15) is 24.0 Å². The Morgan fingerprint density at radius 2 is 1.94 bits per heavy atom. The highest BCUT2D eigenvalue weighted by Crippen LogP contribution is 2.32. The number of nitrogens with one attached hydrogen (secondary N) is 1. The number of aromatic nitrogens is 3. The molecule has 1 N–H and O–H groups in total. The molecule has 0 spiro atoms. The van der Waals surface area contributed by atoms with Gasteiger partial charge in [0, 0.05) is 48.9 Å². The van der Waals surface area contributed by atoms with Crippen molar-refractivity contribution < 1.29 is 18.1 Å². The Hall–Kier alpha value is -4.14. The highest BCUT2D eigenvalue weighted by molar-refractivity contribution is 5.79. The van der Waals surface area contributed by atoms with Crippen LogP contribution in [0.15, 0.2) is 65.3 Å². The quantitative estimate of drug-likeness (QED) is 0.414. The molecule has 184 valence electrons. The predicted octanol–water partition coefficient (Wildman–Crippen LogP) is 4.92. The maximum Gasteiger partial charge on any atom is 0.261 e. The Kier molecular flexibility index (Phi) is 6.71. The maximum absolute atomic E-state index is 13.9. The minimum absolute atomic E-state index is 0.0238. The second-order valence-electron chi connectivity index (χ2n) is 8.88. The first kappa shape index (κ1) is 23.6. The van der Waals surface area contributed by atoms with Crippen LogP contribution in [0.4, 0.5) is 14.6 Å². The topological polar surface area (TPSA) is 84.2 Å². The highest BCUT2D eigenvalue weighted by atomic mass is 19.1. The van der Waals surface area contributed by atoms with E-state index in [4.69, 9.17) is 4.52 Å². The molecule has 4 aromatic rings. The summed E-state index contributed by atoms with van der Waals surface area (Å²) in [5.41, 5.74) is 2.97. The number of halogens is 2. The SMILES string of the molecule is Cc1cccc(-c2noc(-c3cccnc3N3CCC(C(=O)NCc4ccc(F)cc4F)CC3)n2)c1. The van der Waals surface area contributed by atoms with Gasteiger partial charge in [-0.3, -0.25) is 4.79 Å². The number of rotatable bonds is 6. The minimum Gasteiger partial charge on any atom is -0.356 e. The third-order valence-electron chi connectivity index (χ3n) is 6.35. The number of hydrogen-bond donors (Lipinski definition) is 1. The lowest BCUT2D eigenvalue weighted by Crippen LogP contribution is -2.41. The summed E-state index contributed by atoms with van der Waals surface area (Å²) >= 11 is 0. The first-order valence-electron chi connectivity index (χ1n) is 11.8. The third-order valence-corrected chi connectivity index (χ3v) is 6.35. The fourth-order valence-electron chi connectivity index (χ4n) is 4.40. The van der Waals surface area contributed by atoms with Crippen molar-refractivity contribution in [1.29, 1.82) is 0 Å². The number of piperidine rings is 1. The predicted molar refractivity (Wildman–Crippen MR) is 131 cm³/mol. The van der Waals surface area contributed by atoms with Crippen LogP contribution >= 0.6 is 0 Å². The zero-order valence-electron chi connectivity index (χ0n) is 19.7. The van der Waals surface area contributed by atoms with E-state index in [2.05, 4.69) is 25.3 Å². The van der Waals surface area contributed by atoms with Crippen LogP contribution < -0.4 is 10.2 Å². The van der Waals surface area contributed by atoms with Gasteiger partial charge in [0.1, 0.15) is 17.5 Å². The molecular weight excluding hydrogens is 464 g/mol. The second kappa shape index (κ2) is 10.2. The molecule has 2 aromatic heterocycles. The summed E-state index contributed by atoms with van der Waals surface area (Å²) in [6.45, 7) is 3.27. The van der Waals surface area contributed by atoms with Crippen molar-refractivity contribution in [2.24, 2.45) is 5.92 Å². The van der Waals surface area contributed by atoms with E-state index in [9.17, 15) is 13.6 Å². The Morgan fingerprint density at radius 1 is 1.11 bits per heavy atom. The van der Waals surface area contributed by atoms with E-state index in [1.807, 2.05) is 43.3 Å². The molecule has 0 aliphatic carbocycles. The summed E-state index contributed by atoms with van der Waals surface area (Å²) < 4.78 is 32.5. The number of aryl methyl sites for hydroxylation is 1. The molecule has 1 fully saturated rings. The van der Waals surface area contributed by atoms with Gasteiger partial charge in [-0.25, -0.2) is 13.8 Å². The van der Waals surface area contributed by atoms with E-state index in [1.165, 1.54) is 12.1 Å². The van der Waals surface area contributed by atoms with Crippen molar-refractivity contribution in [3.63, 3.8) is 0 Å². The van der Waals surface area contributed by atoms with Gasteiger partial charge in [0.05, 0.1) is 5.56 Å². The normalized spacial score (nSPS) is 14.1. The van der Waals surface area contributed by atoms with Gasteiger partial charge in [-0.1, -0.05) is 35.0 Å². The van der Waals surface area contributed by atoms with Crippen LogP contribution in [0.2, 0.25) is 0 Å². The molecule has 7 nitrogen and oxygen atoms in total. The van der Waals surface area contributed by atoms with E-state index in [0.29, 0.717) is 37.6 Å². The average Bonchev–Trinajstić information content (AvgIpc) is 3.38. The van der Waals surface area contributed by atoms with Gasteiger partial charge in [0.2, 0.25) is 11.7 Å². The molecule has 3 heterocycles. The summed E-state index contributed by atoms with van der Waals surface area (Å²) in [6, 6.07) is 15.0. The average molecular weight is 490 g/mol. The van der Waals surface area contributed by atoms with Crippen molar-refractivity contribution in [2.45, 2.75) is 26.3 Å². The molecule has 36 heavy (non-hydrogen) atoms. The van der Waals surface area contributed by atoms with Crippen LogP contribution in [-0.2, 0) is 11.3 Å². The lowest BCUT2D eigenvalue weighted by Gasteiger charge is -2.32. The van der Waals surface area contributed by atoms with E-state index in [0.717, 1.165) is 28.6 Å². The van der Waals surface area contributed by atoms with Gasteiger partial charge >= 0.3 is 0 Å². The zero-order chi connectivity index (χ0) is 25.1. The highest BCUT2D eigenvalue weighted by Gasteiger charge is 2.28. The monoisotopic (exact) mass is 489 g/mol. The first-order chi connectivity index (χ1) is 17.5. The Bertz CT molecular complexity index is 1380. The van der Waals surface area contributed by atoms with Crippen molar-refractivity contribution in [2.75, 3.05) is 18.0 Å². The number of benzene rings is 2. The van der Waals surface area contributed by atoms with Crippen LogP contribution in [0, 0.1) is 24.5 Å². The molecule has 1 aliphatic rings. The van der Waals surface area contributed by atoms with Crippen LogP contribution in [-0.4, -0.2) is 34.1 Å². The van der Waals surface area contributed by atoms with E-state index in [-0.39, 0.29) is 23.9 Å². The number of amides is 1. The lowest BCUT2D eigenvalue weighted by atomic mass is 9.95. The van der Waals surface area contributed by atoms with Crippen molar-refractivity contribution in [3.05, 3.63) is 83.6 Å². The van der Waals surface area contributed by atoms with Crippen LogP contribution in [0.5, 0.6) is 0 Å². The molecule has 5 rings (SSSR count). The summed E-state index contributed by atoms with van der Waals surface area (Å²) in [5, 5.41) is 6.92. The van der Waals surface area contributed by atoms with Gasteiger partial charge in [-0.05, 0) is 44.0 Å². The van der Waals surface area contributed by atoms with Crippen LogP contribution in [0.25, 0.3) is 22.8 Å². The van der Waals surface area contributed by atoms with Gasteiger partial charge in [-0.2, -0.15) is 4.98 Å². The first-order valence-corrected chi connectivity index (χ1v) is 11.8. The number of carbonyl (C=O) groups excluding carboxylic acids is 1. The van der Waals surface area contributed by atoms with Gasteiger partial charge < -0.3 is 14.7 Å². The molecule has 0 saturated carbocycles. The lowest BCUT2D eigenvalue weighted by molar-refractivity contribution is -0.125. The van der Waals surface area contributed by atoms with Crippen LogP contribution in [0.3, 0.4) is 0 Å². The number of pyridine rings is 1. The fraction of sp³-hybridized carbons (Fsp3) is 0.259. The molecule has 0 bridgehead atoms. The molecule has 1 aliphatic heterocycles. The number of anilines is 1. The molecule has 9 heteroatoms. The zero-order valence-corrected chi connectivity index (χ0v) is 19.7. The van der Waals surface area contributed by atoms with Gasteiger partial charge in [0.25, 0.3) is 5.89 Å². The van der Waals surface area contributed by atoms with E-state index in [1.54, 1.807) is 6.20 Å². The summed E-state index contributed by atoms with van der Waals surface area (Å²) in [6.07, 6.45) is 2.95. The molecule has 0 atom stereocenters. The van der Waals surface area contributed by atoms with Gasteiger partial charge in [-0.15, -0.1) is 0 Å². The fourth-order valence-corrected chi connectivity index (χ4v) is 4.40. The largest absolute Gasteiger partial charge is 0.356 e. The summed E-state index contributed by atoms with van der Waals surface area (Å²) in [4.78, 5) is 23.9. The van der Waals surface area contributed by atoms with Crippen molar-refractivity contribution in [3.8, 4) is 22.8 Å². The third kappa shape index (κ3) is 5.10. The molecular formula is C27H25F2N5O2. The number of nitrogens with zero attached hydrogens (tertiary/aromatic N) is 4. The van der Waals surface area contributed by atoms with Crippen molar-refractivity contribution in [1.82, 2.24) is 20.4 Å². The molecule has 1 saturated heterocycles.